The van der Waals surface area contributed by atoms with E-state index >= 15 is 0 Å². The summed E-state index contributed by atoms with van der Waals surface area (Å²) < 4.78 is 14.4. The first-order valence-electron chi connectivity index (χ1n) is 9.12. The molecule has 1 atom stereocenters. The number of carbonyl (C=O) groups is 1. The van der Waals surface area contributed by atoms with Gasteiger partial charge in [0.05, 0.1) is 6.04 Å². The minimum Gasteiger partial charge on any atom is -0.354 e. The summed E-state index contributed by atoms with van der Waals surface area (Å²) in [4.78, 5) is 14.7. The Labute approximate surface area is 148 Å². The maximum absolute atomic E-state index is 14.4. The van der Waals surface area contributed by atoms with E-state index in [4.69, 9.17) is 11.6 Å². The second kappa shape index (κ2) is 8.30. The van der Waals surface area contributed by atoms with Crippen LogP contribution in [0.25, 0.3) is 0 Å². The van der Waals surface area contributed by atoms with Crippen molar-refractivity contribution in [3.8, 4) is 0 Å². The Hall–Kier alpha value is -1.13. The van der Waals surface area contributed by atoms with Crippen molar-refractivity contribution < 1.29 is 9.18 Å². The number of hydrogen-bond acceptors (Lipinski definition) is 2. The lowest BCUT2D eigenvalue weighted by atomic mass is 9.88. The van der Waals surface area contributed by atoms with E-state index in [1.165, 1.54) is 12.5 Å². The quantitative estimate of drug-likeness (QED) is 0.856. The van der Waals surface area contributed by atoms with Gasteiger partial charge in [0.25, 0.3) is 0 Å². The van der Waals surface area contributed by atoms with Gasteiger partial charge in [-0.1, -0.05) is 36.9 Å². The summed E-state index contributed by atoms with van der Waals surface area (Å²) in [5.74, 6) is -0.0493. The van der Waals surface area contributed by atoms with Gasteiger partial charge in [-0.25, -0.2) is 4.39 Å². The molecule has 3 rings (SSSR count). The lowest BCUT2D eigenvalue weighted by Crippen LogP contribution is -2.40. The fourth-order valence-electron chi connectivity index (χ4n) is 4.00. The molecule has 0 aromatic heterocycles. The first-order valence-corrected chi connectivity index (χ1v) is 9.50. The second-order valence-electron chi connectivity index (χ2n) is 6.97. The molecule has 1 aliphatic heterocycles. The van der Waals surface area contributed by atoms with Crippen molar-refractivity contribution in [1.29, 1.82) is 0 Å². The summed E-state index contributed by atoms with van der Waals surface area (Å²) in [7, 11) is 0. The van der Waals surface area contributed by atoms with Gasteiger partial charge in [-0.3, -0.25) is 9.69 Å². The maximum atomic E-state index is 14.4. The first kappa shape index (κ1) is 17.7. The van der Waals surface area contributed by atoms with Gasteiger partial charge in [0, 0.05) is 23.0 Å². The molecule has 1 saturated heterocycles. The third-order valence-corrected chi connectivity index (χ3v) is 5.69. The zero-order chi connectivity index (χ0) is 16.9. The molecule has 1 aromatic rings. The van der Waals surface area contributed by atoms with E-state index in [1.54, 1.807) is 12.1 Å². The number of hydrogen-bond donors (Lipinski definition) is 1. The highest BCUT2D eigenvalue weighted by molar-refractivity contribution is 6.31. The van der Waals surface area contributed by atoms with Gasteiger partial charge in [-0.05, 0) is 50.9 Å². The molecule has 1 saturated carbocycles. The van der Waals surface area contributed by atoms with Crippen LogP contribution < -0.4 is 5.32 Å². The molecule has 2 fully saturated rings. The predicted molar refractivity (Wildman–Crippen MR) is 94.5 cm³/mol. The van der Waals surface area contributed by atoms with Crippen LogP contribution in [0.4, 0.5) is 4.39 Å². The van der Waals surface area contributed by atoms with Crippen LogP contribution in [0.1, 0.15) is 56.6 Å². The maximum Gasteiger partial charge on any atom is 0.223 e. The molecular formula is C19H26ClFN2O. The van der Waals surface area contributed by atoms with E-state index in [2.05, 4.69) is 10.2 Å². The van der Waals surface area contributed by atoms with E-state index in [9.17, 15) is 9.18 Å². The van der Waals surface area contributed by atoms with E-state index < -0.39 is 0 Å². The average molecular weight is 353 g/mol. The average Bonchev–Trinajstić information content (AvgIpc) is 3.12. The third kappa shape index (κ3) is 4.09. The molecule has 0 spiro atoms. The van der Waals surface area contributed by atoms with Crippen molar-refractivity contribution in [3.63, 3.8) is 0 Å². The first-order chi connectivity index (χ1) is 11.7. The van der Waals surface area contributed by atoms with Crippen molar-refractivity contribution in [2.45, 2.75) is 51.0 Å². The lowest BCUT2D eigenvalue weighted by Gasteiger charge is -2.30. The van der Waals surface area contributed by atoms with Gasteiger partial charge in [0.2, 0.25) is 5.91 Å². The Morgan fingerprint density at radius 1 is 1.21 bits per heavy atom. The molecule has 3 nitrogen and oxygen atoms in total. The number of rotatable bonds is 5. The summed E-state index contributed by atoms with van der Waals surface area (Å²) >= 11 is 6.29. The number of carbonyl (C=O) groups excluding carboxylic acids is 1. The number of nitrogens with one attached hydrogen (secondary N) is 1. The highest BCUT2D eigenvalue weighted by Gasteiger charge is 2.29. The number of benzene rings is 1. The van der Waals surface area contributed by atoms with Crippen molar-refractivity contribution >= 4 is 17.5 Å². The number of amides is 1. The molecule has 2 aliphatic rings. The number of halogens is 2. The monoisotopic (exact) mass is 352 g/mol. The van der Waals surface area contributed by atoms with Crippen molar-refractivity contribution in [2.24, 2.45) is 5.92 Å². The fraction of sp³-hybridized carbons (Fsp3) is 0.632. The summed E-state index contributed by atoms with van der Waals surface area (Å²) in [6, 6.07) is 4.62. The van der Waals surface area contributed by atoms with Crippen molar-refractivity contribution in [1.82, 2.24) is 10.2 Å². The summed E-state index contributed by atoms with van der Waals surface area (Å²) in [6.45, 7) is 2.28. The zero-order valence-electron chi connectivity index (χ0n) is 14.1. The normalized spacial score (nSPS) is 20.9. The summed E-state index contributed by atoms with van der Waals surface area (Å²) in [5.41, 5.74) is 0.519. The van der Waals surface area contributed by atoms with E-state index in [-0.39, 0.29) is 23.7 Å². The van der Waals surface area contributed by atoms with Crippen LogP contribution in [-0.4, -0.2) is 30.4 Å². The van der Waals surface area contributed by atoms with Gasteiger partial charge in [0.1, 0.15) is 5.82 Å². The van der Waals surface area contributed by atoms with Crippen LogP contribution in [0.2, 0.25) is 5.02 Å². The zero-order valence-corrected chi connectivity index (χ0v) is 14.8. The molecule has 1 heterocycles. The van der Waals surface area contributed by atoms with E-state index in [0.717, 1.165) is 51.6 Å². The Balaban J connectivity index is 1.72. The largest absolute Gasteiger partial charge is 0.354 e. The fourth-order valence-corrected chi connectivity index (χ4v) is 4.29. The Morgan fingerprint density at radius 3 is 2.58 bits per heavy atom. The van der Waals surface area contributed by atoms with Crippen LogP contribution in [0.5, 0.6) is 0 Å². The van der Waals surface area contributed by atoms with Crippen LogP contribution in [0, 0.1) is 11.7 Å². The highest BCUT2D eigenvalue weighted by atomic mass is 35.5. The standard InChI is InChI=1S/C19H26ClFN2O/c20-15-9-6-10-16(21)18(15)17(23-11-4-5-12-23)13-22-19(24)14-7-2-1-3-8-14/h6,9-10,14,17H,1-5,7-8,11-13H2,(H,22,24). The molecule has 1 unspecified atom stereocenters. The van der Waals surface area contributed by atoms with Gasteiger partial charge in [-0.15, -0.1) is 0 Å². The van der Waals surface area contributed by atoms with Gasteiger partial charge < -0.3 is 5.32 Å². The van der Waals surface area contributed by atoms with Gasteiger partial charge in [0.15, 0.2) is 0 Å². The van der Waals surface area contributed by atoms with Crippen molar-refractivity contribution in [3.05, 3.63) is 34.6 Å². The molecular weight excluding hydrogens is 327 g/mol. The molecule has 0 bridgehead atoms. The minimum absolute atomic E-state index is 0.117. The van der Waals surface area contributed by atoms with E-state index in [1.807, 2.05) is 0 Å². The third-order valence-electron chi connectivity index (χ3n) is 5.36. The molecule has 5 heteroatoms. The van der Waals surface area contributed by atoms with Gasteiger partial charge >= 0.3 is 0 Å². The molecule has 132 valence electrons. The molecule has 1 aromatic carbocycles. The molecule has 1 N–H and O–H groups in total. The van der Waals surface area contributed by atoms with Crippen molar-refractivity contribution in [2.75, 3.05) is 19.6 Å². The van der Waals surface area contributed by atoms with Crippen LogP contribution >= 0.6 is 11.6 Å². The number of likely N-dealkylation sites (tertiary alicyclic amines) is 1. The lowest BCUT2D eigenvalue weighted by molar-refractivity contribution is -0.126. The Bertz CT molecular complexity index is 548. The van der Waals surface area contributed by atoms with Gasteiger partial charge in [-0.2, -0.15) is 0 Å². The predicted octanol–water partition coefficient (Wildman–Crippen LogP) is 4.31. The Morgan fingerprint density at radius 2 is 1.92 bits per heavy atom. The molecule has 1 aliphatic carbocycles. The summed E-state index contributed by atoms with van der Waals surface area (Å²) in [5, 5.41) is 3.52. The summed E-state index contributed by atoms with van der Waals surface area (Å²) in [6.07, 6.45) is 7.66. The highest BCUT2D eigenvalue weighted by Crippen LogP contribution is 2.32. The molecule has 24 heavy (non-hydrogen) atoms. The Kier molecular flexibility index (Phi) is 6.12. The van der Waals surface area contributed by atoms with Crippen LogP contribution in [0.3, 0.4) is 0 Å². The van der Waals surface area contributed by atoms with Crippen LogP contribution in [-0.2, 0) is 4.79 Å². The second-order valence-corrected chi connectivity index (χ2v) is 7.38. The number of nitrogens with zero attached hydrogens (tertiary/aromatic N) is 1. The van der Waals surface area contributed by atoms with E-state index in [0.29, 0.717) is 17.1 Å². The molecule has 1 amide bonds. The topological polar surface area (TPSA) is 32.3 Å². The van der Waals surface area contributed by atoms with Crippen LogP contribution in [0.15, 0.2) is 18.2 Å². The smallest absolute Gasteiger partial charge is 0.223 e. The minimum atomic E-state index is -0.286. The molecule has 0 radical (unpaired) electrons. The SMILES string of the molecule is O=C(NCC(c1c(F)cccc1Cl)N1CCCC1)C1CCCCC1.